The third-order valence-electron chi connectivity index (χ3n) is 8.25. The molecule has 4 rings (SSSR count). The summed E-state index contributed by atoms with van der Waals surface area (Å²) in [6.45, 7) is 9.88. The zero-order chi connectivity index (χ0) is 59.6. The fourth-order valence-electron chi connectivity index (χ4n) is 5.49. The molecule has 0 radical (unpaired) electrons. The Balaban J connectivity index is -0.00000140. The summed E-state index contributed by atoms with van der Waals surface area (Å²) in [7, 11) is -35.0. The summed E-state index contributed by atoms with van der Waals surface area (Å²) < 4.78 is 143. The largest absolute Gasteiger partial charge is 0.507 e. The predicted molar refractivity (Wildman–Crippen MR) is 260 cm³/mol. The number of anilines is 1. The van der Waals surface area contributed by atoms with Gasteiger partial charge in [-0.2, -0.15) is 0 Å². The second-order valence-corrected chi connectivity index (χ2v) is 22.4. The van der Waals surface area contributed by atoms with Crippen molar-refractivity contribution in [3.8, 4) is 0 Å². The van der Waals surface area contributed by atoms with Crippen LogP contribution < -0.4 is 9.62 Å². The van der Waals surface area contributed by atoms with Crippen molar-refractivity contribution in [2.45, 2.75) is 63.9 Å². The van der Waals surface area contributed by atoms with Crippen molar-refractivity contribution in [2.24, 2.45) is 0 Å². The van der Waals surface area contributed by atoms with Gasteiger partial charge in [-0.15, -0.1) is 25.2 Å². The van der Waals surface area contributed by atoms with Gasteiger partial charge in [-0.05, 0) is 73.8 Å². The van der Waals surface area contributed by atoms with Crippen molar-refractivity contribution in [2.75, 3.05) is 37.0 Å². The summed E-state index contributed by atoms with van der Waals surface area (Å²) in [6.07, 6.45) is 2.05. The second-order valence-electron chi connectivity index (χ2n) is 14.1. The highest BCUT2D eigenvalue weighted by molar-refractivity contribution is 7.93. The Labute approximate surface area is 435 Å². The third-order valence-corrected chi connectivity index (χ3v) is 11.1. The van der Waals surface area contributed by atoms with Crippen LogP contribution in [0.25, 0.3) is 0 Å². The molecule has 1 atom stereocenters. The minimum Gasteiger partial charge on any atom is -0.344 e. The first kappa shape index (κ1) is 76.6. The van der Waals surface area contributed by atoms with Crippen LogP contribution in [-0.2, 0) is 60.0 Å². The summed E-state index contributed by atoms with van der Waals surface area (Å²) in [6, 6.07) is 18.8. The number of rotatable bonds is 14. The van der Waals surface area contributed by atoms with Crippen molar-refractivity contribution in [3.63, 3.8) is 0 Å². The lowest BCUT2D eigenvalue weighted by atomic mass is 10.0. The molecule has 26 nitrogen and oxygen atoms in total. The summed E-state index contributed by atoms with van der Waals surface area (Å²) in [4.78, 5) is 115. The van der Waals surface area contributed by atoms with Gasteiger partial charge >= 0.3 is 47.4 Å². The highest BCUT2D eigenvalue weighted by atomic mass is 35.5. The van der Waals surface area contributed by atoms with Gasteiger partial charge in [-0.25, -0.2) is 35.8 Å². The predicted octanol–water partition coefficient (Wildman–Crippen LogP) is 6.37. The number of halogens is 8. The standard InChI is InChI=1S/C34H42Cl2N4O4S.6FH2O3P/c1-4-38(5-2)24-27-15-13-26(14-16-27)23-30(34(42)39-20-9-10-21-39)37-32(41)19-22-40(28-11-7-6-8-12-28)45(43,44)31-18-17-29(35)25(3)33(31)36;6*1-5(2,3)4/h6-8,11-18,30H,4-5,9-10,19-24H2,1-3H3,(H,37,41);6*(H2,2,3,4). The monoisotopic (exact) mass is 1270 g/mol. The van der Waals surface area contributed by atoms with Gasteiger partial charge in [0, 0.05) is 44.0 Å². The summed E-state index contributed by atoms with van der Waals surface area (Å²) >= 11 is 12.6. The van der Waals surface area contributed by atoms with Crippen LogP contribution in [-0.4, -0.2) is 128 Å². The molecular weight excluding hydrogens is 1220 g/mol. The van der Waals surface area contributed by atoms with Crippen molar-refractivity contribution >= 4 is 98.2 Å². The minimum atomic E-state index is -5.14. The topological polar surface area (TPSA) is 435 Å². The molecule has 0 bridgehead atoms. The molecule has 0 aromatic heterocycles. The lowest BCUT2D eigenvalue weighted by Gasteiger charge is -2.27. The van der Waals surface area contributed by atoms with E-state index in [-0.39, 0.29) is 28.8 Å². The van der Waals surface area contributed by atoms with Crippen molar-refractivity contribution in [3.05, 3.63) is 93.5 Å². The van der Waals surface area contributed by atoms with Gasteiger partial charge in [-0.1, -0.05) is 79.5 Å². The summed E-state index contributed by atoms with van der Waals surface area (Å²) in [5, 5.41) is 3.32. The highest BCUT2D eigenvalue weighted by Crippen LogP contribution is 2.38. The van der Waals surface area contributed by atoms with Crippen LogP contribution in [0.2, 0.25) is 10.0 Å². The maximum Gasteiger partial charge on any atom is 0.507 e. The quantitative estimate of drug-likeness (QED) is 0.0615. The first-order valence-corrected chi connectivity index (χ1v) is 31.2. The molecule has 75 heavy (non-hydrogen) atoms. The third kappa shape index (κ3) is 48.2. The van der Waals surface area contributed by atoms with Gasteiger partial charge in [0.05, 0.1) is 10.7 Å². The van der Waals surface area contributed by atoms with Gasteiger partial charge in [0.15, 0.2) is 0 Å². The van der Waals surface area contributed by atoms with E-state index in [1.807, 2.05) is 12.1 Å². The van der Waals surface area contributed by atoms with E-state index in [0.29, 0.717) is 35.8 Å². The zero-order valence-corrected chi connectivity index (χ0v) is 46.6. The Kier molecular flexibility index (Phi) is 35.8. The first-order valence-electron chi connectivity index (χ1n) is 20.0. The summed E-state index contributed by atoms with van der Waals surface area (Å²) in [5.41, 5.74) is 2.97. The van der Waals surface area contributed by atoms with Gasteiger partial charge < -0.3 is 10.2 Å². The van der Waals surface area contributed by atoms with E-state index in [1.165, 1.54) is 22.0 Å². The number of carbonyl (C=O) groups is 2. The molecule has 13 N–H and O–H groups in total. The molecule has 3 aromatic rings. The molecule has 41 heteroatoms. The molecule has 0 spiro atoms. The molecule has 1 aliphatic heterocycles. The number of amides is 2. The smallest absolute Gasteiger partial charge is 0.344 e. The van der Waals surface area contributed by atoms with E-state index < -0.39 is 69.4 Å². The fourth-order valence-corrected chi connectivity index (χ4v) is 7.74. The molecule has 1 saturated heterocycles. The van der Waals surface area contributed by atoms with E-state index in [0.717, 1.165) is 38.0 Å². The molecule has 1 aliphatic rings. The number of para-hydroxylation sites is 1. The Hall–Kier alpha value is -2.63. The van der Waals surface area contributed by atoms with Crippen molar-refractivity contribution in [1.82, 2.24) is 15.1 Å². The fraction of sp³-hybridized carbons (Fsp3) is 0.412. The second kappa shape index (κ2) is 35.1. The highest BCUT2D eigenvalue weighted by Gasteiger charge is 2.31. The van der Waals surface area contributed by atoms with E-state index in [2.05, 4.69) is 36.2 Å². The SMILES string of the molecule is CCN(CC)Cc1ccc(CC(NC(=O)CCN(c2ccccc2)S(=O)(=O)c2ccc(Cl)c(C)c2Cl)C(=O)N2CCCC2)cc1.O=P(O)(O)F.O=P(O)(O)F.O=P(O)(O)F.O=P(O)(O)F.O=P(O)(O)F.O=P(O)(O)F. The lowest BCUT2D eigenvalue weighted by Crippen LogP contribution is -2.49. The molecule has 1 fully saturated rings. The first-order chi connectivity index (χ1) is 33.5. The van der Waals surface area contributed by atoms with E-state index in [1.54, 1.807) is 42.2 Å². The molecule has 1 unspecified atom stereocenters. The molecule has 0 saturated carbocycles. The summed E-state index contributed by atoms with van der Waals surface area (Å²) in [5.74, 6) is -0.538. The average molecular weight is 1270 g/mol. The van der Waals surface area contributed by atoms with E-state index in [9.17, 15) is 43.2 Å². The molecule has 0 aliphatic carbocycles. The zero-order valence-electron chi connectivity index (χ0n) is 38.9. The van der Waals surface area contributed by atoms with Gasteiger partial charge in [-0.3, -0.25) is 77.5 Å². The number of carbonyl (C=O) groups excluding carboxylic acids is 2. The number of sulfonamides is 1. The Bertz CT molecular complexity index is 2420. The minimum absolute atomic E-state index is 0.0345. The van der Waals surface area contributed by atoms with Crippen LogP contribution in [0, 0.1) is 6.92 Å². The Morgan fingerprint density at radius 2 is 1.01 bits per heavy atom. The van der Waals surface area contributed by atoms with Gasteiger partial charge in [0.2, 0.25) is 11.8 Å². The van der Waals surface area contributed by atoms with E-state index in [4.69, 9.17) is 109 Å². The molecule has 1 heterocycles. The van der Waals surface area contributed by atoms with Crippen LogP contribution in [0.3, 0.4) is 0 Å². The number of nitrogens with one attached hydrogen (secondary N) is 1. The van der Waals surface area contributed by atoms with Crippen molar-refractivity contribution < 1.29 is 129 Å². The van der Waals surface area contributed by atoms with Gasteiger partial charge in [0.1, 0.15) is 10.9 Å². The normalized spacial score (nSPS) is 13.1. The van der Waals surface area contributed by atoms with Crippen LogP contribution in [0.4, 0.5) is 30.9 Å². The molecule has 3 aromatic carbocycles. The number of nitrogens with zero attached hydrogens (tertiary/aromatic N) is 3. The average Bonchev–Trinajstić information content (AvgIpc) is 3.74. The van der Waals surface area contributed by atoms with Crippen LogP contribution >= 0.6 is 70.6 Å². The lowest BCUT2D eigenvalue weighted by molar-refractivity contribution is -0.135. The number of likely N-dealkylation sites (tertiary alicyclic amines) is 1. The van der Waals surface area contributed by atoms with Crippen molar-refractivity contribution in [1.29, 1.82) is 0 Å². The van der Waals surface area contributed by atoms with Crippen LogP contribution in [0.1, 0.15) is 49.8 Å². The molecular formula is C34H54Cl2F6N4O22P6S. The van der Waals surface area contributed by atoms with E-state index >= 15 is 0 Å². The Morgan fingerprint density at radius 1 is 0.640 bits per heavy atom. The maximum absolute atomic E-state index is 13.9. The van der Waals surface area contributed by atoms with Gasteiger partial charge in [0.25, 0.3) is 10.0 Å². The Morgan fingerprint density at radius 3 is 1.39 bits per heavy atom. The van der Waals surface area contributed by atoms with Crippen LogP contribution in [0.5, 0.6) is 0 Å². The van der Waals surface area contributed by atoms with Crippen LogP contribution in [0.15, 0.2) is 71.6 Å². The maximum atomic E-state index is 13.9. The number of hydrogen-bond donors (Lipinski definition) is 13. The molecule has 434 valence electrons. The number of benzene rings is 3. The number of hydrogen-bond acceptors (Lipinski definition) is 11. The molecule has 2 amide bonds.